The number of rotatable bonds is 1. The van der Waals surface area contributed by atoms with E-state index in [1.54, 1.807) is 0 Å². The van der Waals surface area contributed by atoms with E-state index >= 15 is 0 Å². The van der Waals surface area contributed by atoms with Crippen molar-refractivity contribution in [1.82, 2.24) is 0 Å². The molecule has 0 aliphatic heterocycles. The van der Waals surface area contributed by atoms with Crippen molar-refractivity contribution in [3.05, 3.63) is 130 Å². The summed E-state index contributed by atoms with van der Waals surface area (Å²) in [6.07, 6.45) is 5.50. The molecule has 0 spiro atoms. The van der Waals surface area contributed by atoms with Crippen LogP contribution in [0.1, 0.15) is 22.6 Å². The summed E-state index contributed by atoms with van der Waals surface area (Å²) < 4.78 is 3.80. The quantitative estimate of drug-likeness (QED) is 0.239. The molecule has 1 aliphatic rings. The summed E-state index contributed by atoms with van der Waals surface area (Å²) in [6.45, 7) is 0. The van der Waals surface area contributed by atoms with E-state index in [2.05, 4.69) is 125 Å². The Bertz CT molecular complexity index is 1580. The molecule has 2 heterocycles. The van der Waals surface area contributed by atoms with Gasteiger partial charge in [-0.3, -0.25) is 6.08 Å². The van der Waals surface area contributed by atoms with Crippen molar-refractivity contribution in [2.24, 2.45) is 0 Å². The van der Waals surface area contributed by atoms with Crippen LogP contribution in [0.4, 0.5) is 0 Å². The third kappa shape index (κ3) is 5.71. The van der Waals surface area contributed by atoms with Gasteiger partial charge in [0.25, 0.3) is 0 Å². The van der Waals surface area contributed by atoms with Gasteiger partial charge in [-0.25, -0.2) is 6.08 Å². The largest absolute Gasteiger partial charge is 4.00 e. The number of fused-ring (bicyclic) bond motifs is 3. The average Bonchev–Trinajstić information content (AvgIpc) is 3.47. The molecule has 1 atom stereocenters. The molecule has 1 unspecified atom stereocenters. The van der Waals surface area contributed by atoms with E-state index in [4.69, 9.17) is 0 Å². The van der Waals surface area contributed by atoms with Gasteiger partial charge in [-0.05, 0) is 4.70 Å². The molecule has 8 rings (SSSR count). The van der Waals surface area contributed by atoms with Crippen molar-refractivity contribution < 1.29 is 51.0 Å². The summed E-state index contributed by atoms with van der Waals surface area (Å²) in [6, 6.07) is 36.8. The maximum atomic E-state index is 3.52. The van der Waals surface area contributed by atoms with Gasteiger partial charge in [0.2, 0.25) is 0 Å². The topological polar surface area (TPSA) is 0 Å². The molecule has 0 fully saturated rings. The monoisotopic (exact) mass is 650 g/mol. The van der Waals surface area contributed by atoms with Crippen LogP contribution >= 0.6 is 27.3 Å². The van der Waals surface area contributed by atoms with Crippen molar-refractivity contribution in [2.75, 3.05) is 0 Å². The van der Waals surface area contributed by atoms with E-state index in [1.807, 2.05) is 17.4 Å². The molecule has 0 radical (unpaired) electrons. The molecule has 5 heteroatoms. The van der Waals surface area contributed by atoms with E-state index in [9.17, 15) is 0 Å². The van der Waals surface area contributed by atoms with Crippen LogP contribution in [0.3, 0.4) is 0 Å². The van der Waals surface area contributed by atoms with Crippen LogP contribution in [0, 0.1) is 6.08 Å². The van der Waals surface area contributed by atoms with Crippen LogP contribution in [0.5, 0.6) is 0 Å². The van der Waals surface area contributed by atoms with Gasteiger partial charge in [-0.15, -0.1) is 51.9 Å². The van der Waals surface area contributed by atoms with Crippen molar-refractivity contribution in [2.45, 2.75) is 5.92 Å². The van der Waals surface area contributed by atoms with Gasteiger partial charge >= 0.3 is 26.2 Å². The van der Waals surface area contributed by atoms with Crippen molar-refractivity contribution >= 4 is 64.3 Å². The summed E-state index contributed by atoms with van der Waals surface area (Å²) in [4.78, 5) is 0. The third-order valence-corrected chi connectivity index (χ3v) is 7.60. The predicted octanol–water partition coefficient (Wildman–Crippen LogP) is 3.34. The van der Waals surface area contributed by atoms with Crippen molar-refractivity contribution in [3.63, 3.8) is 0 Å². The normalized spacial score (nSPS) is 13.3. The maximum Gasteiger partial charge on any atom is 4.00 e. The second kappa shape index (κ2) is 12.1. The van der Waals surface area contributed by atoms with Gasteiger partial charge in [-0.1, -0.05) is 117 Å². The molecule has 1 aliphatic carbocycles. The predicted molar refractivity (Wildman–Crippen MR) is 143 cm³/mol. The molecule has 4 bridgehead atoms. The van der Waals surface area contributed by atoms with Gasteiger partial charge in [-0.2, -0.15) is 5.56 Å². The zero-order valence-corrected chi connectivity index (χ0v) is 24.9. The summed E-state index contributed by atoms with van der Waals surface area (Å²) in [5.74, 6) is 0.286. The molecule has 0 saturated carbocycles. The number of allylic oxidation sites excluding steroid dienone is 1. The standard InChI is InChI=1S/C15H10Br.C15H9S.2ClH.Zr/c16-13-8-6-12-7-9-14(15(12)10-13)11-4-2-1-3-5-11;1-2-11-8-12-9-14(11)15(3-1)16-13-6-4-10(12)5-7-13;;;/h1-8,10,14H;1-9H;2*1H;/q2*-1;;;+4/p-2. The minimum atomic E-state index is 0. The first-order valence-corrected chi connectivity index (χ1v) is 12.3. The molecule has 7 aromatic rings. The van der Waals surface area contributed by atoms with Gasteiger partial charge in [0.1, 0.15) is 0 Å². The fraction of sp³-hybridized carbons (Fsp3) is 0.0333. The van der Waals surface area contributed by atoms with E-state index in [-0.39, 0.29) is 56.9 Å². The first-order chi connectivity index (χ1) is 15.7. The van der Waals surface area contributed by atoms with Gasteiger partial charge < -0.3 is 24.8 Å². The molecular weight excluding hydrogens is 634 g/mol. The maximum absolute atomic E-state index is 3.52. The Kier molecular flexibility index (Phi) is 9.66. The average molecular weight is 654 g/mol. The van der Waals surface area contributed by atoms with Crippen molar-refractivity contribution in [1.29, 1.82) is 0 Å². The fourth-order valence-corrected chi connectivity index (χ4v) is 5.75. The molecule has 0 amide bonds. The Morgan fingerprint density at radius 3 is 2.31 bits per heavy atom. The van der Waals surface area contributed by atoms with Crippen molar-refractivity contribution in [3.8, 4) is 0 Å². The molecule has 2 aromatic heterocycles. The molecule has 35 heavy (non-hydrogen) atoms. The summed E-state index contributed by atoms with van der Waals surface area (Å²) in [7, 11) is 0. The van der Waals surface area contributed by atoms with Crippen LogP contribution < -0.4 is 24.8 Å². The molecule has 5 aromatic carbocycles. The Hall–Kier alpha value is -1.61. The fourth-order valence-electron chi connectivity index (χ4n) is 4.42. The van der Waals surface area contributed by atoms with E-state index in [1.165, 1.54) is 47.6 Å². The first-order valence-electron chi connectivity index (χ1n) is 10.7. The first kappa shape index (κ1) is 28.0. The Balaban J connectivity index is 0.000000180. The SMILES string of the molecule is Brc1ccc2c(c1)C(c1ccccc1)[C-]=C2.[Cl-].[Cl-].[Zr+4].c1cc2[cH-]c3cc2c(c1)sc1ccc3cc1. The van der Waals surface area contributed by atoms with Crippen LogP contribution in [-0.2, 0) is 26.2 Å². The minimum Gasteiger partial charge on any atom is -1.00 e. The molecule has 170 valence electrons. The summed E-state index contributed by atoms with van der Waals surface area (Å²) in [5, 5.41) is 5.37. The second-order valence-corrected chi connectivity index (χ2v) is 10.1. The molecule has 0 N–H and O–H groups in total. The number of hydrogen-bond acceptors (Lipinski definition) is 1. The van der Waals surface area contributed by atoms with E-state index in [0.29, 0.717) is 0 Å². The molecule has 0 saturated heterocycles. The van der Waals surface area contributed by atoms with Crippen LogP contribution in [0.15, 0.2) is 108 Å². The van der Waals surface area contributed by atoms with Crippen LogP contribution in [0.25, 0.3) is 37.0 Å². The number of halogens is 3. The Morgan fingerprint density at radius 1 is 0.771 bits per heavy atom. The van der Waals surface area contributed by atoms with E-state index < -0.39 is 0 Å². The van der Waals surface area contributed by atoms with Gasteiger partial charge in [0.05, 0.1) is 0 Å². The second-order valence-electron chi connectivity index (χ2n) is 8.06. The van der Waals surface area contributed by atoms with Gasteiger partial charge in [0.15, 0.2) is 0 Å². The molecular formula is C30H19BrCl2SZr. The Morgan fingerprint density at radius 2 is 1.54 bits per heavy atom. The number of hydrogen-bond donors (Lipinski definition) is 0. The van der Waals surface area contributed by atoms with Crippen LogP contribution in [-0.4, -0.2) is 0 Å². The Labute approximate surface area is 249 Å². The third-order valence-electron chi connectivity index (χ3n) is 6.02. The van der Waals surface area contributed by atoms with Gasteiger partial charge in [0, 0.05) is 9.17 Å². The summed E-state index contributed by atoms with van der Waals surface area (Å²) >= 11 is 5.37. The van der Waals surface area contributed by atoms with E-state index in [0.717, 1.165) is 4.47 Å². The molecule has 0 nitrogen and oxygen atoms in total. The van der Waals surface area contributed by atoms with Crippen LogP contribution in [0.2, 0.25) is 0 Å². The smallest absolute Gasteiger partial charge is 1.00 e. The zero-order chi connectivity index (χ0) is 21.5. The summed E-state index contributed by atoms with van der Waals surface area (Å²) in [5.41, 5.74) is 3.91. The minimum absolute atomic E-state index is 0. The number of benzene rings is 4. The zero-order valence-electron chi connectivity index (χ0n) is 18.5.